The molecule has 0 saturated carbocycles. The van der Waals surface area contributed by atoms with E-state index in [0.717, 1.165) is 30.2 Å². The largest absolute Gasteiger partial charge is 0.494 e. The summed E-state index contributed by atoms with van der Waals surface area (Å²) in [4.78, 5) is 28.2. The number of unbranched alkanes of at least 4 members (excludes halogenated alkanes) is 1. The molecule has 0 aliphatic heterocycles. The lowest BCUT2D eigenvalue weighted by Gasteiger charge is -2.31. The van der Waals surface area contributed by atoms with Gasteiger partial charge in [0.25, 0.3) is 0 Å². The van der Waals surface area contributed by atoms with Crippen molar-refractivity contribution in [3.05, 3.63) is 59.7 Å². The molecule has 210 valence electrons. The third-order valence-electron chi connectivity index (χ3n) is 6.24. The van der Waals surface area contributed by atoms with E-state index >= 15 is 0 Å². The summed E-state index contributed by atoms with van der Waals surface area (Å²) >= 11 is 0. The lowest BCUT2D eigenvalue weighted by Crippen LogP contribution is -2.49. The highest BCUT2D eigenvalue weighted by Crippen LogP contribution is 2.23. The van der Waals surface area contributed by atoms with Gasteiger partial charge in [-0.15, -0.1) is 0 Å². The van der Waals surface area contributed by atoms with Crippen LogP contribution in [0.1, 0.15) is 64.0 Å². The summed E-state index contributed by atoms with van der Waals surface area (Å²) in [6.45, 7) is 9.39. The summed E-state index contributed by atoms with van der Waals surface area (Å²) in [6.07, 6.45) is 3.92. The zero-order chi connectivity index (χ0) is 28.1. The van der Waals surface area contributed by atoms with Crippen molar-refractivity contribution in [3.63, 3.8) is 0 Å². The van der Waals surface area contributed by atoms with Gasteiger partial charge in [0.05, 0.1) is 18.6 Å². The molecule has 1 N–H and O–H groups in total. The molecule has 0 aliphatic rings. The topological polar surface area (TPSA) is 96.0 Å². The average Bonchev–Trinajstić information content (AvgIpc) is 2.86. The van der Waals surface area contributed by atoms with E-state index in [0.29, 0.717) is 44.0 Å². The highest BCUT2D eigenvalue weighted by Gasteiger charge is 2.28. The maximum atomic E-state index is 13.5. The summed E-state index contributed by atoms with van der Waals surface area (Å²) in [5.41, 5.74) is 2.54. The minimum atomic E-state index is -3.56. The summed E-state index contributed by atoms with van der Waals surface area (Å²) < 4.78 is 31.8. The van der Waals surface area contributed by atoms with Gasteiger partial charge in [0.15, 0.2) is 0 Å². The molecule has 8 nitrogen and oxygen atoms in total. The van der Waals surface area contributed by atoms with Crippen LogP contribution in [0.15, 0.2) is 48.5 Å². The summed E-state index contributed by atoms with van der Waals surface area (Å²) in [5.74, 6) is 0.327. The van der Waals surface area contributed by atoms with E-state index in [9.17, 15) is 18.0 Å². The van der Waals surface area contributed by atoms with Crippen LogP contribution in [-0.2, 0) is 26.2 Å². The number of amides is 2. The van der Waals surface area contributed by atoms with Gasteiger partial charge in [-0.05, 0) is 62.9 Å². The fourth-order valence-electron chi connectivity index (χ4n) is 4.31. The van der Waals surface area contributed by atoms with Crippen LogP contribution in [0.3, 0.4) is 0 Å². The smallest absolute Gasteiger partial charge is 0.242 e. The van der Waals surface area contributed by atoms with Gasteiger partial charge in [-0.1, -0.05) is 50.1 Å². The number of carbonyl (C=O) groups excluding carboxylic acids is 2. The minimum absolute atomic E-state index is 0.119. The molecule has 38 heavy (non-hydrogen) atoms. The second-order valence-corrected chi connectivity index (χ2v) is 11.4. The SMILES string of the molecule is CCCCNC(=O)[C@@H](CC)N(Cc1cccc(C)c1)C(=O)CCCN(c1ccc(OCC)cc1)S(C)(=O)=O. The Bertz CT molecular complexity index is 1140. The molecule has 2 amide bonds. The van der Waals surface area contributed by atoms with Gasteiger partial charge in [0, 0.05) is 26.1 Å². The Morgan fingerprint density at radius 3 is 2.32 bits per heavy atom. The quantitative estimate of drug-likeness (QED) is 0.310. The maximum Gasteiger partial charge on any atom is 0.242 e. The molecule has 1 atom stereocenters. The Labute approximate surface area is 228 Å². The molecule has 0 aromatic heterocycles. The lowest BCUT2D eigenvalue weighted by molar-refractivity contribution is -0.141. The van der Waals surface area contributed by atoms with Crippen LogP contribution in [0.4, 0.5) is 5.69 Å². The molecule has 0 saturated heterocycles. The van der Waals surface area contributed by atoms with Gasteiger partial charge in [-0.3, -0.25) is 13.9 Å². The fraction of sp³-hybridized carbons (Fsp3) is 0.517. The zero-order valence-electron chi connectivity index (χ0n) is 23.4. The molecule has 9 heteroatoms. The highest BCUT2D eigenvalue weighted by atomic mass is 32.2. The van der Waals surface area contributed by atoms with E-state index in [1.807, 2.05) is 45.0 Å². The zero-order valence-corrected chi connectivity index (χ0v) is 24.2. The van der Waals surface area contributed by atoms with Crippen molar-refractivity contribution in [1.82, 2.24) is 10.2 Å². The van der Waals surface area contributed by atoms with Gasteiger partial charge < -0.3 is 15.0 Å². The Morgan fingerprint density at radius 2 is 1.74 bits per heavy atom. The first-order chi connectivity index (χ1) is 18.1. The Balaban J connectivity index is 2.18. The van der Waals surface area contributed by atoms with Crippen molar-refractivity contribution in [2.45, 2.75) is 72.4 Å². The number of benzene rings is 2. The van der Waals surface area contributed by atoms with Gasteiger partial charge in [-0.2, -0.15) is 0 Å². The van der Waals surface area contributed by atoms with Crippen LogP contribution >= 0.6 is 0 Å². The first-order valence-corrected chi connectivity index (χ1v) is 15.3. The average molecular weight is 546 g/mol. The van der Waals surface area contributed by atoms with E-state index in [2.05, 4.69) is 12.2 Å². The number of hydrogen-bond donors (Lipinski definition) is 1. The van der Waals surface area contributed by atoms with Crippen LogP contribution in [0.2, 0.25) is 0 Å². The van der Waals surface area contributed by atoms with E-state index in [1.165, 1.54) is 4.31 Å². The van der Waals surface area contributed by atoms with E-state index in [-0.39, 0.29) is 24.8 Å². The number of hydrogen-bond acceptors (Lipinski definition) is 5. The standard InChI is InChI=1S/C29H43N3O5S/c1-6-9-19-30-29(34)27(7-2)31(22-24-13-10-12-23(4)21-24)28(33)14-11-20-32(38(5,35)36)25-15-17-26(18-16-25)37-8-3/h10,12-13,15-18,21,27H,6-9,11,14,19-20,22H2,1-5H3,(H,30,34)/t27-/m1/s1. The number of carbonyl (C=O) groups is 2. The molecular formula is C29H43N3O5S. The maximum absolute atomic E-state index is 13.5. The second kappa shape index (κ2) is 15.4. The third-order valence-corrected chi connectivity index (χ3v) is 7.43. The number of ether oxygens (including phenoxy) is 1. The van der Waals surface area contributed by atoms with E-state index in [1.54, 1.807) is 29.2 Å². The number of anilines is 1. The molecule has 0 aliphatic carbocycles. The Kier molecular flexibility index (Phi) is 12.6. The molecule has 0 unspecified atom stereocenters. The predicted molar refractivity (Wildman–Crippen MR) is 153 cm³/mol. The molecule has 0 heterocycles. The molecule has 2 rings (SSSR count). The number of nitrogens with zero attached hydrogens (tertiary/aromatic N) is 2. The Morgan fingerprint density at radius 1 is 1.03 bits per heavy atom. The van der Waals surface area contributed by atoms with Crippen LogP contribution in [0.25, 0.3) is 0 Å². The summed E-state index contributed by atoms with van der Waals surface area (Å²) in [5, 5.41) is 2.97. The van der Waals surface area contributed by atoms with Crippen LogP contribution in [0, 0.1) is 6.92 Å². The number of rotatable bonds is 16. The summed E-state index contributed by atoms with van der Waals surface area (Å²) in [6, 6.07) is 14.2. The Hall–Kier alpha value is -3.07. The van der Waals surface area contributed by atoms with Crippen LogP contribution < -0.4 is 14.4 Å². The van der Waals surface area contributed by atoms with Gasteiger partial charge in [-0.25, -0.2) is 8.42 Å². The van der Waals surface area contributed by atoms with Crippen molar-refractivity contribution < 1.29 is 22.7 Å². The first kappa shape index (κ1) is 31.1. The minimum Gasteiger partial charge on any atom is -0.494 e. The molecule has 0 spiro atoms. The van der Waals surface area contributed by atoms with Gasteiger partial charge >= 0.3 is 0 Å². The van der Waals surface area contributed by atoms with Crippen LogP contribution in [-0.4, -0.2) is 57.1 Å². The number of sulfonamides is 1. The first-order valence-electron chi connectivity index (χ1n) is 13.4. The number of nitrogens with one attached hydrogen (secondary N) is 1. The van der Waals surface area contributed by atoms with Crippen molar-refractivity contribution >= 4 is 27.5 Å². The molecule has 0 fully saturated rings. The van der Waals surface area contributed by atoms with Crippen molar-refractivity contribution in [2.24, 2.45) is 0 Å². The molecule has 2 aromatic rings. The highest BCUT2D eigenvalue weighted by molar-refractivity contribution is 7.92. The second-order valence-electron chi connectivity index (χ2n) is 9.44. The number of aryl methyl sites for hydroxylation is 1. The van der Waals surface area contributed by atoms with Crippen molar-refractivity contribution in [2.75, 3.05) is 30.3 Å². The lowest BCUT2D eigenvalue weighted by atomic mass is 10.1. The predicted octanol–water partition coefficient (Wildman–Crippen LogP) is 4.66. The van der Waals surface area contributed by atoms with Crippen molar-refractivity contribution in [3.8, 4) is 5.75 Å². The fourth-order valence-corrected chi connectivity index (χ4v) is 5.28. The van der Waals surface area contributed by atoms with E-state index in [4.69, 9.17) is 4.74 Å². The van der Waals surface area contributed by atoms with Gasteiger partial charge in [0.1, 0.15) is 11.8 Å². The molecule has 0 radical (unpaired) electrons. The molecule has 2 aromatic carbocycles. The third kappa shape index (κ3) is 9.67. The van der Waals surface area contributed by atoms with E-state index < -0.39 is 16.1 Å². The van der Waals surface area contributed by atoms with Crippen LogP contribution in [0.5, 0.6) is 5.75 Å². The monoisotopic (exact) mass is 545 g/mol. The normalized spacial score (nSPS) is 12.0. The van der Waals surface area contributed by atoms with Gasteiger partial charge in [0.2, 0.25) is 21.8 Å². The summed E-state index contributed by atoms with van der Waals surface area (Å²) in [7, 11) is -3.56. The molecular weight excluding hydrogens is 502 g/mol. The molecule has 0 bridgehead atoms. The van der Waals surface area contributed by atoms with Crippen molar-refractivity contribution in [1.29, 1.82) is 0 Å².